The minimum absolute atomic E-state index is 0.128. The van der Waals surface area contributed by atoms with Gasteiger partial charge < -0.3 is 5.73 Å². The number of terminal acetylenes is 1. The van der Waals surface area contributed by atoms with Gasteiger partial charge in [-0.1, -0.05) is 34.0 Å². The van der Waals surface area contributed by atoms with Crippen LogP contribution in [0, 0.1) is 12.3 Å². The molecule has 0 amide bonds. The van der Waals surface area contributed by atoms with Crippen molar-refractivity contribution in [2.24, 2.45) is 5.73 Å². The molecule has 1 aromatic carbocycles. The minimum atomic E-state index is 0.128. The number of nitrogens with one attached hydrogen (secondary N) is 1. The van der Waals surface area contributed by atoms with Crippen LogP contribution in [-0.2, 0) is 0 Å². The van der Waals surface area contributed by atoms with Gasteiger partial charge in [0.05, 0.1) is 6.54 Å². The molecule has 0 heterocycles. The Morgan fingerprint density at radius 3 is 2.93 bits per heavy atom. The molecule has 74 valence electrons. The SMILES string of the molecule is C#CCNC(CN)c1cccc(Br)c1. The third kappa shape index (κ3) is 3.15. The van der Waals surface area contributed by atoms with Crippen molar-refractivity contribution in [2.75, 3.05) is 13.1 Å². The Balaban J connectivity index is 2.74. The molecule has 0 aliphatic heterocycles. The predicted molar refractivity (Wildman–Crippen MR) is 62.8 cm³/mol. The quantitative estimate of drug-likeness (QED) is 0.801. The van der Waals surface area contributed by atoms with Crippen molar-refractivity contribution in [1.29, 1.82) is 0 Å². The first-order chi connectivity index (χ1) is 6.77. The lowest BCUT2D eigenvalue weighted by molar-refractivity contribution is 0.582. The lowest BCUT2D eigenvalue weighted by Crippen LogP contribution is -2.28. The van der Waals surface area contributed by atoms with E-state index in [4.69, 9.17) is 12.2 Å². The first-order valence-electron chi connectivity index (χ1n) is 4.40. The van der Waals surface area contributed by atoms with E-state index in [0.29, 0.717) is 13.1 Å². The fourth-order valence-corrected chi connectivity index (χ4v) is 1.66. The Hall–Kier alpha value is -0.820. The molecular formula is C11H13BrN2. The summed E-state index contributed by atoms with van der Waals surface area (Å²) in [6.45, 7) is 1.08. The highest BCUT2D eigenvalue weighted by Crippen LogP contribution is 2.17. The molecule has 1 atom stereocenters. The van der Waals surface area contributed by atoms with Crippen LogP contribution in [0.4, 0.5) is 0 Å². The van der Waals surface area contributed by atoms with Crippen LogP contribution in [0.1, 0.15) is 11.6 Å². The summed E-state index contributed by atoms with van der Waals surface area (Å²) in [5.41, 5.74) is 6.80. The van der Waals surface area contributed by atoms with E-state index in [1.54, 1.807) is 0 Å². The highest BCUT2D eigenvalue weighted by molar-refractivity contribution is 9.10. The van der Waals surface area contributed by atoms with Crippen molar-refractivity contribution >= 4 is 15.9 Å². The number of hydrogen-bond acceptors (Lipinski definition) is 2. The molecule has 3 N–H and O–H groups in total. The molecule has 0 aliphatic carbocycles. The van der Waals surface area contributed by atoms with Gasteiger partial charge in [0.25, 0.3) is 0 Å². The summed E-state index contributed by atoms with van der Waals surface area (Å²) in [7, 11) is 0. The predicted octanol–water partition coefficient (Wildman–Crippen LogP) is 1.67. The van der Waals surface area contributed by atoms with E-state index in [9.17, 15) is 0 Å². The van der Waals surface area contributed by atoms with E-state index in [-0.39, 0.29) is 6.04 Å². The molecule has 0 aromatic heterocycles. The average Bonchev–Trinajstić information content (AvgIpc) is 2.19. The van der Waals surface area contributed by atoms with Gasteiger partial charge >= 0.3 is 0 Å². The summed E-state index contributed by atoms with van der Waals surface area (Å²) in [5.74, 6) is 2.54. The standard InChI is InChI=1S/C11H13BrN2/c1-2-6-14-11(8-13)9-4-3-5-10(12)7-9/h1,3-5,7,11,14H,6,8,13H2. The van der Waals surface area contributed by atoms with Crippen LogP contribution in [0.5, 0.6) is 0 Å². The van der Waals surface area contributed by atoms with Crippen LogP contribution in [0.3, 0.4) is 0 Å². The number of halogens is 1. The summed E-state index contributed by atoms with van der Waals surface area (Å²) in [5, 5.41) is 3.18. The zero-order valence-electron chi connectivity index (χ0n) is 7.83. The first kappa shape index (κ1) is 11.3. The zero-order chi connectivity index (χ0) is 10.4. The van der Waals surface area contributed by atoms with Crippen LogP contribution in [-0.4, -0.2) is 13.1 Å². The Labute approximate surface area is 93.0 Å². The molecule has 3 heteroatoms. The monoisotopic (exact) mass is 252 g/mol. The van der Waals surface area contributed by atoms with Gasteiger partial charge in [0.15, 0.2) is 0 Å². The van der Waals surface area contributed by atoms with Gasteiger partial charge in [-0.2, -0.15) is 0 Å². The van der Waals surface area contributed by atoms with E-state index in [1.807, 2.05) is 24.3 Å². The Morgan fingerprint density at radius 2 is 2.36 bits per heavy atom. The maximum atomic E-state index is 5.65. The summed E-state index contributed by atoms with van der Waals surface area (Å²) < 4.78 is 1.05. The summed E-state index contributed by atoms with van der Waals surface area (Å²) in [6.07, 6.45) is 5.18. The molecule has 0 aliphatic rings. The minimum Gasteiger partial charge on any atom is -0.329 e. The number of benzene rings is 1. The van der Waals surface area contributed by atoms with Gasteiger partial charge in [-0.05, 0) is 17.7 Å². The zero-order valence-corrected chi connectivity index (χ0v) is 9.42. The van der Waals surface area contributed by atoms with E-state index in [0.717, 1.165) is 10.0 Å². The maximum Gasteiger partial charge on any atom is 0.0578 e. The molecule has 1 rings (SSSR count). The number of hydrogen-bond donors (Lipinski definition) is 2. The lowest BCUT2D eigenvalue weighted by atomic mass is 10.1. The van der Waals surface area contributed by atoms with Gasteiger partial charge in [0.2, 0.25) is 0 Å². The molecule has 14 heavy (non-hydrogen) atoms. The molecule has 2 nitrogen and oxygen atoms in total. The van der Waals surface area contributed by atoms with Gasteiger partial charge in [-0.3, -0.25) is 5.32 Å². The molecule has 0 bridgehead atoms. The Kier molecular flexibility index (Phi) is 4.68. The lowest BCUT2D eigenvalue weighted by Gasteiger charge is -2.15. The van der Waals surface area contributed by atoms with E-state index >= 15 is 0 Å². The smallest absolute Gasteiger partial charge is 0.0578 e. The van der Waals surface area contributed by atoms with Gasteiger partial charge in [0.1, 0.15) is 0 Å². The van der Waals surface area contributed by atoms with Crippen molar-refractivity contribution in [3.05, 3.63) is 34.3 Å². The highest BCUT2D eigenvalue weighted by atomic mass is 79.9. The second-order valence-electron chi connectivity index (χ2n) is 2.93. The molecule has 0 saturated carbocycles. The molecule has 1 unspecified atom stereocenters. The van der Waals surface area contributed by atoms with Gasteiger partial charge in [0, 0.05) is 17.1 Å². The fraction of sp³-hybridized carbons (Fsp3) is 0.273. The highest BCUT2D eigenvalue weighted by Gasteiger charge is 2.07. The first-order valence-corrected chi connectivity index (χ1v) is 5.19. The molecule has 0 saturated heterocycles. The molecule has 0 spiro atoms. The molecular weight excluding hydrogens is 240 g/mol. The van der Waals surface area contributed by atoms with Gasteiger partial charge in [-0.25, -0.2) is 0 Å². The third-order valence-electron chi connectivity index (χ3n) is 1.94. The van der Waals surface area contributed by atoms with Crippen LogP contribution in [0.25, 0.3) is 0 Å². The van der Waals surface area contributed by atoms with Gasteiger partial charge in [-0.15, -0.1) is 6.42 Å². The molecule has 0 fully saturated rings. The Morgan fingerprint density at radius 1 is 1.57 bits per heavy atom. The third-order valence-corrected chi connectivity index (χ3v) is 2.43. The number of rotatable bonds is 4. The van der Waals surface area contributed by atoms with Crippen molar-refractivity contribution in [3.63, 3.8) is 0 Å². The van der Waals surface area contributed by atoms with Crippen LogP contribution >= 0.6 is 15.9 Å². The van der Waals surface area contributed by atoms with Crippen molar-refractivity contribution in [2.45, 2.75) is 6.04 Å². The van der Waals surface area contributed by atoms with Crippen molar-refractivity contribution in [1.82, 2.24) is 5.32 Å². The maximum absolute atomic E-state index is 5.65. The normalized spacial score (nSPS) is 12.1. The van der Waals surface area contributed by atoms with E-state index < -0.39 is 0 Å². The summed E-state index contributed by atoms with van der Waals surface area (Å²) in [4.78, 5) is 0. The topological polar surface area (TPSA) is 38.0 Å². The average molecular weight is 253 g/mol. The number of nitrogens with two attached hydrogens (primary N) is 1. The molecule has 1 aromatic rings. The Bertz CT molecular complexity index is 330. The van der Waals surface area contributed by atoms with Crippen LogP contribution < -0.4 is 11.1 Å². The van der Waals surface area contributed by atoms with E-state index in [2.05, 4.69) is 27.2 Å². The van der Waals surface area contributed by atoms with Crippen molar-refractivity contribution in [3.8, 4) is 12.3 Å². The second kappa shape index (κ2) is 5.82. The van der Waals surface area contributed by atoms with Crippen LogP contribution in [0.2, 0.25) is 0 Å². The largest absolute Gasteiger partial charge is 0.329 e. The van der Waals surface area contributed by atoms with E-state index in [1.165, 1.54) is 0 Å². The summed E-state index contributed by atoms with van der Waals surface area (Å²) >= 11 is 3.42. The fourth-order valence-electron chi connectivity index (χ4n) is 1.24. The summed E-state index contributed by atoms with van der Waals surface area (Å²) in [6, 6.07) is 8.17. The van der Waals surface area contributed by atoms with Crippen molar-refractivity contribution < 1.29 is 0 Å². The molecule has 0 radical (unpaired) electrons. The van der Waals surface area contributed by atoms with Crippen LogP contribution in [0.15, 0.2) is 28.7 Å². The second-order valence-corrected chi connectivity index (χ2v) is 3.84.